The third-order valence-corrected chi connectivity index (χ3v) is 8.08. The molecule has 0 aliphatic carbocycles. The Labute approximate surface area is 242 Å². The quantitative estimate of drug-likeness (QED) is 0.306. The van der Waals surface area contributed by atoms with Gasteiger partial charge in [-0.2, -0.15) is 0 Å². The van der Waals surface area contributed by atoms with Crippen molar-refractivity contribution in [1.29, 1.82) is 0 Å². The molecule has 42 heavy (non-hydrogen) atoms. The van der Waals surface area contributed by atoms with Crippen molar-refractivity contribution in [3.8, 4) is 0 Å². The number of hydrogen-bond donors (Lipinski definition) is 4. The van der Waals surface area contributed by atoms with E-state index in [0.29, 0.717) is 66.4 Å². The van der Waals surface area contributed by atoms with Crippen molar-refractivity contribution < 1.29 is 28.2 Å². The molecule has 0 bridgehead atoms. The highest BCUT2D eigenvalue weighted by Crippen LogP contribution is 2.37. The van der Waals surface area contributed by atoms with Crippen molar-refractivity contribution in [3.05, 3.63) is 81.7 Å². The minimum Gasteiger partial charge on any atom is -0.390 e. The van der Waals surface area contributed by atoms with E-state index in [9.17, 15) is 19.1 Å². The number of nitrogens with zero attached hydrogens (tertiary/aromatic N) is 2. The number of rotatable bonds is 8. The summed E-state index contributed by atoms with van der Waals surface area (Å²) in [6, 6.07) is 8.78. The maximum atomic E-state index is 15.1. The molecule has 0 saturated carbocycles. The number of carbonyl (C=O) groups is 2. The lowest BCUT2D eigenvalue weighted by Gasteiger charge is -2.32. The lowest BCUT2D eigenvalue weighted by Crippen LogP contribution is -2.47. The molecule has 1 fully saturated rings. The van der Waals surface area contributed by atoms with E-state index < -0.39 is 11.9 Å². The van der Waals surface area contributed by atoms with Crippen molar-refractivity contribution >= 4 is 34.8 Å². The van der Waals surface area contributed by atoms with Gasteiger partial charge in [0.05, 0.1) is 41.8 Å². The fourth-order valence-electron chi connectivity index (χ4n) is 5.81. The van der Waals surface area contributed by atoms with Gasteiger partial charge in [-0.3, -0.25) is 14.5 Å². The monoisotopic (exact) mass is 577 g/mol. The number of ether oxygens (including phenoxy) is 1. The summed E-state index contributed by atoms with van der Waals surface area (Å²) in [5.41, 5.74) is 4.84. The van der Waals surface area contributed by atoms with Gasteiger partial charge in [0.2, 0.25) is 0 Å². The Bertz CT molecular complexity index is 1550. The normalized spacial score (nSPS) is 18.7. The average molecular weight is 578 g/mol. The Morgan fingerprint density at radius 1 is 1.10 bits per heavy atom. The topological polar surface area (TPSA) is 110 Å². The molecule has 0 spiro atoms. The molecule has 0 radical (unpaired) electrons. The molecule has 1 saturated heterocycles. The number of H-pyrrole nitrogens is 1. The van der Waals surface area contributed by atoms with Crippen molar-refractivity contribution in [1.82, 2.24) is 14.8 Å². The van der Waals surface area contributed by atoms with Crippen LogP contribution < -0.4 is 10.6 Å². The largest absolute Gasteiger partial charge is 0.390 e. The minimum atomic E-state index is -0.668. The number of β-amino-alcohol motifs (C(OH)–C–C–N with tert-alkyl or cyclic N) is 1. The number of aliphatic hydroxyl groups excluding tert-OH is 1. The Kier molecular flexibility index (Phi) is 7.80. The first-order chi connectivity index (χ1) is 20.3. The summed E-state index contributed by atoms with van der Waals surface area (Å²) in [5.74, 6) is -1.40. The number of halogens is 2. The van der Waals surface area contributed by atoms with Crippen LogP contribution in [0.2, 0.25) is 0 Å². The van der Waals surface area contributed by atoms with Gasteiger partial charge in [-0.05, 0) is 48.4 Å². The van der Waals surface area contributed by atoms with Crippen molar-refractivity contribution in [3.63, 3.8) is 0 Å². The SMILES string of the molecule is Cc1c(C=C2C(=O)Nc3cc(NCc4ccc(F)cc4)c(F)cc32)[nH]c2c1C(=O)N(CC(O)CN1CCOCC1)CC2. The van der Waals surface area contributed by atoms with Crippen LogP contribution in [0.3, 0.4) is 0 Å². The molecule has 3 aliphatic heterocycles. The second kappa shape index (κ2) is 11.7. The average Bonchev–Trinajstić information content (AvgIpc) is 3.45. The van der Waals surface area contributed by atoms with Gasteiger partial charge in [0, 0.05) is 62.6 Å². The van der Waals surface area contributed by atoms with E-state index in [2.05, 4.69) is 20.5 Å². The van der Waals surface area contributed by atoms with E-state index in [1.807, 2.05) is 6.92 Å². The number of fused-ring (bicyclic) bond motifs is 2. The number of nitrogens with one attached hydrogen (secondary N) is 3. The molecular formula is C31H33F2N5O4. The van der Waals surface area contributed by atoms with Crippen molar-refractivity contribution in [2.24, 2.45) is 0 Å². The fourth-order valence-corrected chi connectivity index (χ4v) is 5.81. The van der Waals surface area contributed by atoms with Gasteiger partial charge in [0.1, 0.15) is 11.6 Å². The molecule has 3 aliphatic rings. The summed E-state index contributed by atoms with van der Waals surface area (Å²) >= 11 is 0. The molecule has 2 amide bonds. The molecule has 1 aromatic heterocycles. The molecule has 1 atom stereocenters. The smallest absolute Gasteiger partial charge is 0.256 e. The number of aromatic nitrogens is 1. The molecule has 6 rings (SSSR count). The van der Waals surface area contributed by atoms with Crippen LogP contribution in [0.5, 0.6) is 0 Å². The predicted octanol–water partition coefficient (Wildman–Crippen LogP) is 3.40. The number of anilines is 2. The van der Waals surface area contributed by atoms with E-state index in [4.69, 9.17) is 4.74 Å². The zero-order valence-electron chi connectivity index (χ0n) is 23.3. The number of morpholine rings is 1. The van der Waals surface area contributed by atoms with Gasteiger partial charge in [0.25, 0.3) is 11.8 Å². The molecule has 11 heteroatoms. The molecule has 2 aromatic carbocycles. The highest BCUT2D eigenvalue weighted by molar-refractivity contribution is 6.35. The summed E-state index contributed by atoms with van der Waals surface area (Å²) in [6.07, 6.45) is 1.58. The van der Waals surface area contributed by atoms with Gasteiger partial charge in [-0.15, -0.1) is 0 Å². The maximum Gasteiger partial charge on any atom is 0.256 e. The molecule has 220 valence electrons. The van der Waals surface area contributed by atoms with Gasteiger partial charge in [-0.1, -0.05) is 12.1 Å². The number of amides is 2. The molecule has 4 heterocycles. The van der Waals surface area contributed by atoms with E-state index in [0.717, 1.165) is 24.3 Å². The second-order valence-electron chi connectivity index (χ2n) is 11.0. The van der Waals surface area contributed by atoms with Crippen LogP contribution >= 0.6 is 0 Å². The van der Waals surface area contributed by atoms with E-state index in [-0.39, 0.29) is 36.4 Å². The third kappa shape index (κ3) is 5.67. The van der Waals surface area contributed by atoms with Gasteiger partial charge in [-0.25, -0.2) is 8.78 Å². The van der Waals surface area contributed by atoms with E-state index in [1.165, 1.54) is 18.2 Å². The van der Waals surface area contributed by atoms with E-state index in [1.54, 1.807) is 29.2 Å². The lowest BCUT2D eigenvalue weighted by atomic mass is 10.0. The zero-order valence-corrected chi connectivity index (χ0v) is 23.3. The number of aliphatic hydroxyl groups is 1. The Balaban J connectivity index is 1.18. The Hall–Kier alpha value is -4.06. The lowest BCUT2D eigenvalue weighted by molar-refractivity contribution is -0.110. The number of benzene rings is 2. The number of carbonyl (C=O) groups excluding carboxylic acids is 2. The second-order valence-corrected chi connectivity index (χ2v) is 11.0. The van der Waals surface area contributed by atoms with Gasteiger partial charge in [0.15, 0.2) is 0 Å². The third-order valence-electron chi connectivity index (χ3n) is 8.08. The zero-order chi connectivity index (χ0) is 29.4. The van der Waals surface area contributed by atoms with Crippen LogP contribution in [0, 0.1) is 18.6 Å². The summed E-state index contributed by atoms with van der Waals surface area (Å²) in [7, 11) is 0. The van der Waals surface area contributed by atoms with Crippen LogP contribution in [0.1, 0.15) is 38.4 Å². The first-order valence-corrected chi connectivity index (χ1v) is 14.1. The number of aromatic amines is 1. The number of hydrogen-bond acceptors (Lipinski definition) is 6. The highest BCUT2D eigenvalue weighted by atomic mass is 19.1. The molecule has 1 unspecified atom stereocenters. The molecule has 4 N–H and O–H groups in total. The molecule has 9 nitrogen and oxygen atoms in total. The maximum absolute atomic E-state index is 15.1. The Morgan fingerprint density at radius 3 is 2.62 bits per heavy atom. The van der Waals surface area contributed by atoms with Crippen LogP contribution in [0.4, 0.5) is 20.2 Å². The van der Waals surface area contributed by atoms with Crippen molar-refractivity contribution in [2.45, 2.75) is 26.0 Å². The standard InChI is InChI=1S/C31H33F2N5O4/c1-18-26(35-25-6-7-38(31(41)29(18)25)17-21(39)16-37-8-10-42-11-9-37)13-23-22-12-24(33)28(14-27(22)36-30(23)40)34-15-19-2-4-20(32)5-3-19/h2-5,12-14,21,34-35,39H,6-11,15-17H2,1H3,(H,36,40). The molecule has 3 aromatic rings. The summed E-state index contributed by atoms with van der Waals surface area (Å²) in [5, 5.41) is 16.5. The first-order valence-electron chi connectivity index (χ1n) is 14.1. The van der Waals surface area contributed by atoms with Crippen LogP contribution in [0.15, 0.2) is 36.4 Å². The van der Waals surface area contributed by atoms with Crippen LogP contribution in [-0.4, -0.2) is 83.7 Å². The van der Waals surface area contributed by atoms with Crippen LogP contribution in [0.25, 0.3) is 11.6 Å². The molecular weight excluding hydrogens is 544 g/mol. The Morgan fingerprint density at radius 2 is 1.86 bits per heavy atom. The summed E-state index contributed by atoms with van der Waals surface area (Å²) < 4.78 is 33.6. The highest BCUT2D eigenvalue weighted by Gasteiger charge is 2.32. The minimum absolute atomic E-state index is 0.158. The summed E-state index contributed by atoms with van der Waals surface area (Å²) in [4.78, 5) is 33.5. The van der Waals surface area contributed by atoms with Gasteiger partial charge < -0.3 is 30.4 Å². The first kappa shape index (κ1) is 28.1. The summed E-state index contributed by atoms with van der Waals surface area (Å²) in [6.45, 7) is 6.12. The predicted molar refractivity (Wildman–Crippen MR) is 155 cm³/mol. The van der Waals surface area contributed by atoms with Crippen molar-refractivity contribution in [2.75, 3.05) is 56.6 Å². The fraction of sp³-hybridized carbons (Fsp3) is 0.355. The van der Waals surface area contributed by atoms with Crippen LogP contribution in [-0.2, 0) is 22.5 Å². The van der Waals surface area contributed by atoms with E-state index >= 15 is 4.39 Å². The van der Waals surface area contributed by atoms with Gasteiger partial charge >= 0.3 is 0 Å².